The van der Waals surface area contributed by atoms with E-state index in [0.717, 1.165) is 12.8 Å². The van der Waals surface area contributed by atoms with Crippen LogP contribution in [0.2, 0.25) is 0 Å². The molecule has 2 aliphatic rings. The Morgan fingerprint density at radius 3 is 1.14 bits per heavy atom. The number of hydrogen-bond acceptors (Lipinski definition) is 4. The molecule has 0 unspecified atom stereocenters. The van der Waals surface area contributed by atoms with Crippen molar-refractivity contribution < 1.29 is 0 Å². The largest absolute Gasteiger partial charge is 0.327 e. The van der Waals surface area contributed by atoms with Gasteiger partial charge in [0.25, 0.3) is 0 Å². The molecule has 0 aliphatic carbocycles. The number of nitrogens with two attached hydrogens (primary N) is 2. The van der Waals surface area contributed by atoms with Crippen LogP contribution in [0.3, 0.4) is 0 Å². The fourth-order valence-electron chi connectivity index (χ4n) is 2.74. The standard InChI is InChI=1S/2C7H16N2.4ClH/c2*1-6-5-9(2)4-3-7(6)8;;;;/h2*6-7H,3-5,8H2,1-2H3;4*1H/t2*6-,7-;;;;/m10..../s1. The number of rotatable bonds is 0. The minimum absolute atomic E-state index is 0. The molecule has 4 N–H and O–H groups in total. The Morgan fingerprint density at radius 2 is 0.955 bits per heavy atom. The SMILES string of the molecule is C[C@@H]1CN(C)CC[C@H]1N.C[C@H]1CN(C)CC[C@@H]1N.Cl.Cl.Cl.Cl. The average Bonchev–Trinajstić information content (AvgIpc) is 2.30. The molecule has 0 radical (unpaired) electrons. The van der Waals surface area contributed by atoms with Crippen LogP contribution < -0.4 is 11.5 Å². The van der Waals surface area contributed by atoms with Crippen molar-refractivity contribution in [2.24, 2.45) is 23.3 Å². The van der Waals surface area contributed by atoms with E-state index in [0.29, 0.717) is 23.9 Å². The molecule has 0 aromatic carbocycles. The minimum atomic E-state index is 0. The molecule has 2 fully saturated rings. The fraction of sp³-hybridized carbons (Fsp3) is 1.00. The van der Waals surface area contributed by atoms with Crippen LogP contribution in [0.4, 0.5) is 0 Å². The molecule has 0 aromatic heterocycles. The van der Waals surface area contributed by atoms with Gasteiger partial charge in [-0.15, -0.1) is 49.6 Å². The summed E-state index contributed by atoms with van der Waals surface area (Å²) in [5, 5.41) is 0. The number of halogens is 4. The molecular formula is C14H36Cl4N4. The fourth-order valence-corrected chi connectivity index (χ4v) is 2.74. The molecular weight excluding hydrogens is 366 g/mol. The third kappa shape index (κ3) is 11.5. The van der Waals surface area contributed by atoms with Gasteiger partial charge in [-0.05, 0) is 51.9 Å². The smallest absolute Gasteiger partial charge is 0.00888 e. The summed E-state index contributed by atoms with van der Waals surface area (Å²) in [5.74, 6) is 1.37. The highest BCUT2D eigenvalue weighted by Gasteiger charge is 2.20. The van der Waals surface area contributed by atoms with Crippen LogP contribution in [0.15, 0.2) is 0 Å². The summed E-state index contributed by atoms with van der Waals surface area (Å²) in [6, 6.07) is 0.891. The molecule has 0 spiro atoms. The van der Waals surface area contributed by atoms with E-state index in [9.17, 15) is 0 Å². The van der Waals surface area contributed by atoms with Crippen molar-refractivity contribution in [2.75, 3.05) is 40.3 Å². The summed E-state index contributed by atoms with van der Waals surface area (Å²) in [6.45, 7) is 9.12. The molecule has 22 heavy (non-hydrogen) atoms. The van der Waals surface area contributed by atoms with Crippen molar-refractivity contribution in [1.29, 1.82) is 0 Å². The quantitative estimate of drug-likeness (QED) is 0.653. The first-order chi connectivity index (χ1) is 8.40. The molecule has 2 saturated heterocycles. The van der Waals surface area contributed by atoms with E-state index in [-0.39, 0.29) is 49.6 Å². The maximum Gasteiger partial charge on any atom is 0.00888 e. The second-order valence-electron chi connectivity index (χ2n) is 6.38. The summed E-state index contributed by atoms with van der Waals surface area (Å²) in [6.07, 6.45) is 2.33. The molecule has 2 rings (SSSR count). The lowest BCUT2D eigenvalue weighted by Gasteiger charge is -2.32. The lowest BCUT2D eigenvalue weighted by atomic mass is 9.95. The zero-order chi connectivity index (χ0) is 13.7. The van der Waals surface area contributed by atoms with Crippen LogP contribution in [-0.4, -0.2) is 62.2 Å². The molecule has 0 aromatic rings. The third-order valence-corrected chi connectivity index (χ3v) is 4.35. The molecule has 0 bridgehead atoms. The summed E-state index contributed by atoms with van der Waals surface area (Å²) in [5.41, 5.74) is 11.6. The molecule has 140 valence electrons. The Bertz CT molecular complexity index is 225. The normalized spacial score (nSPS) is 31.9. The summed E-state index contributed by atoms with van der Waals surface area (Å²) >= 11 is 0. The van der Waals surface area contributed by atoms with E-state index in [1.807, 2.05) is 0 Å². The predicted molar refractivity (Wildman–Crippen MR) is 107 cm³/mol. The van der Waals surface area contributed by atoms with Gasteiger partial charge >= 0.3 is 0 Å². The highest BCUT2D eigenvalue weighted by atomic mass is 35.5. The van der Waals surface area contributed by atoms with E-state index < -0.39 is 0 Å². The zero-order valence-corrected chi connectivity index (χ0v) is 17.5. The summed E-state index contributed by atoms with van der Waals surface area (Å²) in [7, 11) is 4.31. The second-order valence-corrected chi connectivity index (χ2v) is 6.38. The number of piperidine rings is 2. The zero-order valence-electron chi connectivity index (χ0n) is 14.2. The maximum absolute atomic E-state index is 5.81. The van der Waals surface area contributed by atoms with Crippen LogP contribution >= 0.6 is 49.6 Å². The number of likely N-dealkylation sites (tertiary alicyclic amines) is 2. The van der Waals surface area contributed by atoms with Crippen LogP contribution in [0, 0.1) is 11.8 Å². The van der Waals surface area contributed by atoms with Gasteiger partial charge in [-0.25, -0.2) is 0 Å². The number of hydrogen-bond donors (Lipinski definition) is 2. The van der Waals surface area contributed by atoms with Gasteiger partial charge in [0.05, 0.1) is 0 Å². The summed E-state index contributed by atoms with van der Waals surface area (Å²) in [4.78, 5) is 4.68. The van der Waals surface area contributed by atoms with Gasteiger partial charge in [-0.3, -0.25) is 0 Å². The van der Waals surface area contributed by atoms with Crippen LogP contribution in [0.5, 0.6) is 0 Å². The first-order valence-electron chi connectivity index (χ1n) is 7.28. The van der Waals surface area contributed by atoms with Gasteiger partial charge in [0, 0.05) is 25.2 Å². The van der Waals surface area contributed by atoms with E-state index in [2.05, 4.69) is 37.7 Å². The van der Waals surface area contributed by atoms with Gasteiger partial charge in [-0.2, -0.15) is 0 Å². The molecule has 2 heterocycles. The van der Waals surface area contributed by atoms with Crippen molar-refractivity contribution in [3.05, 3.63) is 0 Å². The second kappa shape index (κ2) is 15.5. The average molecular weight is 402 g/mol. The van der Waals surface area contributed by atoms with Gasteiger partial charge in [0.2, 0.25) is 0 Å². The van der Waals surface area contributed by atoms with E-state index in [4.69, 9.17) is 11.5 Å². The van der Waals surface area contributed by atoms with Crippen molar-refractivity contribution in [2.45, 2.75) is 38.8 Å². The maximum atomic E-state index is 5.81. The van der Waals surface area contributed by atoms with Crippen molar-refractivity contribution >= 4 is 49.6 Å². The van der Waals surface area contributed by atoms with E-state index in [1.165, 1.54) is 26.2 Å². The predicted octanol–water partition coefficient (Wildman–Crippen LogP) is 2.26. The van der Waals surface area contributed by atoms with Gasteiger partial charge < -0.3 is 21.3 Å². The van der Waals surface area contributed by atoms with Gasteiger partial charge in [0.1, 0.15) is 0 Å². The highest BCUT2D eigenvalue weighted by Crippen LogP contribution is 2.12. The van der Waals surface area contributed by atoms with Crippen molar-refractivity contribution in [3.63, 3.8) is 0 Å². The lowest BCUT2D eigenvalue weighted by molar-refractivity contribution is 0.197. The van der Waals surface area contributed by atoms with Gasteiger partial charge in [-0.1, -0.05) is 13.8 Å². The molecule has 2 aliphatic heterocycles. The van der Waals surface area contributed by atoms with Crippen LogP contribution in [0.25, 0.3) is 0 Å². The minimum Gasteiger partial charge on any atom is -0.327 e. The third-order valence-electron chi connectivity index (χ3n) is 4.35. The van der Waals surface area contributed by atoms with Crippen LogP contribution in [-0.2, 0) is 0 Å². The first-order valence-corrected chi connectivity index (χ1v) is 7.28. The number of nitrogens with zero attached hydrogens (tertiary/aromatic N) is 2. The van der Waals surface area contributed by atoms with Crippen molar-refractivity contribution in [3.8, 4) is 0 Å². The van der Waals surface area contributed by atoms with E-state index in [1.54, 1.807) is 0 Å². The molecule has 4 nitrogen and oxygen atoms in total. The first kappa shape index (κ1) is 30.8. The Morgan fingerprint density at radius 1 is 0.682 bits per heavy atom. The Kier molecular flexibility index (Phi) is 21.8. The topological polar surface area (TPSA) is 58.5 Å². The monoisotopic (exact) mass is 400 g/mol. The Labute approximate surface area is 161 Å². The van der Waals surface area contributed by atoms with Crippen molar-refractivity contribution in [1.82, 2.24) is 9.80 Å². The lowest BCUT2D eigenvalue weighted by Crippen LogP contribution is -2.44. The van der Waals surface area contributed by atoms with Gasteiger partial charge in [0.15, 0.2) is 0 Å². The molecule has 4 atom stereocenters. The molecule has 0 saturated carbocycles. The van der Waals surface area contributed by atoms with Crippen LogP contribution in [0.1, 0.15) is 26.7 Å². The summed E-state index contributed by atoms with van der Waals surface area (Å²) < 4.78 is 0. The molecule has 8 heteroatoms. The Balaban J connectivity index is -0.000000125. The van der Waals surface area contributed by atoms with E-state index >= 15 is 0 Å². The Hall–Kier alpha value is 1.00. The highest BCUT2D eigenvalue weighted by molar-refractivity contribution is 5.86. The molecule has 0 amide bonds.